The first-order valence-electron chi connectivity index (χ1n) is 9.03. The van der Waals surface area contributed by atoms with E-state index >= 15 is 0 Å². The number of benzene rings is 1. The number of aromatic nitrogens is 3. The summed E-state index contributed by atoms with van der Waals surface area (Å²) in [6, 6.07) is 9.22. The molecule has 0 saturated carbocycles. The summed E-state index contributed by atoms with van der Waals surface area (Å²) in [5.74, 6) is -0.237. The summed E-state index contributed by atoms with van der Waals surface area (Å²) in [6.07, 6.45) is 4.26. The molecule has 2 aliphatic heterocycles. The topological polar surface area (TPSA) is 78.2 Å². The third kappa shape index (κ3) is 3.93. The first kappa shape index (κ1) is 18.8. The zero-order chi connectivity index (χ0) is 19.4. The fraction of sp³-hybridized carbons (Fsp3) is 0.350. The van der Waals surface area contributed by atoms with E-state index in [1.54, 1.807) is 24.1 Å². The number of methoxy groups -OCH3 is 1. The Labute approximate surface area is 157 Å². The van der Waals surface area contributed by atoms with E-state index in [0.29, 0.717) is 35.7 Å². The summed E-state index contributed by atoms with van der Waals surface area (Å²) < 4.78 is 8.26. The first-order chi connectivity index (χ1) is 13.0. The van der Waals surface area contributed by atoms with Gasteiger partial charge in [-0.2, -0.15) is 9.78 Å². The summed E-state index contributed by atoms with van der Waals surface area (Å²) in [5, 5.41) is 7.41. The number of hydrogen-bond donors (Lipinski definition) is 1. The number of rotatable bonds is 7. The van der Waals surface area contributed by atoms with Crippen LogP contribution in [0, 0.1) is 0 Å². The van der Waals surface area contributed by atoms with E-state index in [0.717, 1.165) is 6.42 Å². The van der Waals surface area contributed by atoms with Crippen LogP contribution in [-0.2, 0) is 11.3 Å². The molecular weight excluding hydrogens is 344 g/mol. The molecule has 1 aromatic carbocycles. The van der Waals surface area contributed by atoms with Crippen molar-refractivity contribution in [1.29, 1.82) is 0 Å². The van der Waals surface area contributed by atoms with Crippen LogP contribution < -0.4 is 10.9 Å². The Hall–Kier alpha value is -2.93. The fourth-order valence-corrected chi connectivity index (χ4v) is 2.80. The smallest absolute Gasteiger partial charge is 0.282 e. The van der Waals surface area contributed by atoms with Gasteiger partial charge in [0.05, 0.1) is 23.4 Å². The number of fused-ring (bicyclic) bond motifs is 1. The van der Waals surface area contributed by atoms with Gasteiger partial charge in [-0.05, 0) is 25.5 Å². The van der Waals surface area contributed by atoms with Crippen LogP contribution in [0.15, 0.2) is 47.5 Å². The lowest BCUT2D eigenvalue weighted by molar-refractivity contribution is 0.0938. The minimum atomic E-state index is -0.249. The van der Waals surface area contributed by atoms with E-state index in [-0.39, 0.29) is 17.5 Å². The van der Waals surface area contributed by atoms with Gasteiger partial charge in [0.2, 0.25) is 0 Å². The van der Waals surface area contributed by atoms with Gasteiger partial charge in [-0.3, -0.25) is 9.59 Å². The van der Waals surface area contributed by atoms with E-state index in [1.165, 1.54) is 4.68 Å². The molecule has 2 aliphatic rings. The van der Waals surface area contributed by atoms with E-state index in [1.807, 2.05) is 44.2 Å². The fourth-order valence-electron chi connectivity index (χ4n) is 2.80. The molecule has 0 fully saturated rings. The predicted octanol–water partition coefficient (Wildman–Crippen LogP) is 2.31. The normalized spacial score (nSPS) is 12.3. The molecule has 0 saturated heterocycles. The Kier molecular flexibility index (Phi) is 5.71. The van der Waals surface area contributed by atoms with Crippen LogP contribution in [-0.4, -0.2) is 40.0 Å². The molecule has 3 rings (SSSR count). The highest BCUT2D eigenvalue weighted by molar-refractivity contribution is 6.00. The first-order valence-corrected chi connectivity index (χ1v) is 9.03. The number of para-hydroxylation sites is 1. The largest absolute Gasteiger partial charge is 0.383 e. The van der Waals surface area contributed by atoms with Gasteiger partial charge in [0.15, 0.2) is 0 Å². The lowest BCUT2D eigenvalue weighted by Crippen LogP contribution is -2.33. The van der Waals surface area contributed by atoms with E-state index in [2.05, 4.69) is 10.4 Å². The molecule has 1 aromatic rings. The Morgan fingerprint density at radius 3 is 2.67 bits per heavy atom. The molecular formula is C20H24N4O3. The summed E-state index contributed by atoms with van der Waals surface area (Å²) in [7, 11) is 1.61. The lowest BCUT2D eigenvalue weighted by Gasteiger charge is -2.15. The van der Waals surface area contributed by atoms with Gasteiger partial charge in [-0.15, -0.1) is 0 Å². The quantitative estimate of drug-likeness (QED) is 0.694. The third-order valence-electron chi connectivity index (χ3n) is 4.51. The number of nitrogens with one attached hydrogen (secondary N) is 1. The summed E-state index contributed by atoms with van der Waals surface area (Å²) >= 11 is 0. The van der Waals surface area contributed by atoms with Crippen LogP contribution in [0.1, 0.15) is 30.6 Å². The number of nitrogens with zero attached hydrogens (tertiary/aromatic N) is 3. The molecule has 1 atom stereocenters. The maximum absolute atomic E-state index is 12.9. The molecule has 1 amide bonds. The number of pyridine rings is 1. The zero-order valence-corrected chi connectivity index (χ0v) is 15.8. The van der Waals surface area contributed by atoms with Crippen LogP contribution in [0.4, 0.5) is 0 Å². The molecule has 7 nitrogen and oxygen atoms in total. The standard InChI is InChI=1S/C20H24N4O3/c1-4-14(2)21-19(25)16-12-23(10-11-27-3)13-17-18(16)22-24(20(17)26)15-8-6-5-7-9-15/h5-9,12-14H,4,10-11H2,1-3H3,(H,21,25)/t14-/m0/s1. The second-order valence-electron chi connectivity index (χ2n) is 6.50. The van der Waals surface area contributed by atoms with Gasteiger partial charge >= 0.3 is 0 Å². The van der Waals surface area contributed by atoms with Crippen LogP contribution in [0.3, 0.4) is 0 Å². The summed E-state index contributed by atoms with van der Waals surface area (Å²) in [5.41, 5.74) is 1.61. The SMILES string of the molecule is CC[C@H](C)NC(=O)c1cn(CCOC)cc2c(=O)n(-c3ccccc3)nc1-2. The maximum Gasteiger partial charge on any atom is 0.282 e. The number of carbonyl (C=O) groups is 1. The minimum absolute atomic E-state index is 0.0307. The zero-order valence-electron chi connectivity index (χ0n) is 15.8. The monoisotopic (exact) mass is 368 g/mol. The molecule has 7 heteroatoms. The van der Waals surface area contributed by atoms with Crippen molar-refractivity contribution in [1.82, 2.24) is 19.7 Å². The second-order valence-corrected chi connectivity index (χ2v) is 6.50. The van der Waals surface area contributed by atoms with Gasteiger partial charge in [0.25, 0.3) is 11.5 Å². The minimum Gasteiger partial charge on any atom is -0.383 e. The van der Waals surface area contributed by atoms with Gasteiger partial charge in [0.1, 0.15) is 5.69 Å². The molecule has 0 aliphatic carbocycles. The van der Waals surface area contributed by atoms with E-state index < -0.39 is 0 Å². The number of ether oxygens (including phenoxy) is 1. The van der Waals surface area contributed by atoms with Crippen LogP contribution in [0.2, 0.25) is 0 Å². The molecule has 1 N–H and O–H groups in total. The molecule has 2 heterocycles. The highest BCUT2D eigenvalue weighted by atomic mass is 16.5. The molecule has 0 aromatic heterocycles. The molecule has 27 heavy (non-hydrogen) atoms. The van der Waals surface area contributed by atoms with Gasteiger partial charge < -0.3 is 14.6 Å². The highest BCUT2D eigenvalue weighted by Crippen LogP contribution is 2.22. The number of amides is 1. The van der Waals surface area contributed by atoms with Crippen molar-refractivity contribution in [3.05, 3.63) is 58.6 Å². The van der Waals surface area contributed by atoms with Crippen molar-refractivity contribution in [3.8, 4) is 16.9 Å². The van der Waals surface area contributed by atoms with Crippen LogP contribution in [0.25, 0.3) is 16.9 Å². The Balaban J connectivity index is 2.14. The average molecular weight is 368 g/mol. The number of hydrogen-bond acceptors (Lipinski definition) is 4. The van der Waals surface area contributed by atoms with Crippen molar-refractivity contribution in [2.45, 2.75) is 32.9 Å². The number of carbonyl (C=O) groups excluding carboxylic acids is 1. The second kappa shape index (κ2) is 8.18. The molecule has 0 radical (unpaired) electrons. The highest BCUT2D eigenvalue weighted by Gasteiger charge is 2.24. The van der Waals surface area contributed by atoms with Gasteiger partial charge in [-0.1, -0.05) is 25.1 Å². The molecule has 0 spiro atoms. The van der Waals surface area contributed by atoms with Gasteiger partial charge in [-0.25, -0.2) is 0 Å². The van der Waals surface area contributed by atoms with Crippen molar-refractivity contribution in [3.63, 3.8) is 0 Å². The Morgan fingerprint density at radius 1 is 1.26 bits per heavy atom. The van der Waals surface area contributed by atoms with Crippen molar-refractivity contribution in [2.75, 3.05) is 13.7 Å². The predicted molar refractivity (Wildman–Crippen MR) is 104 cm³/mol. The Bertz CT molecular complexity index is 946. The maximum atomic E-state index is 12.9. The summed E-state index contributed by atoms with van der Waals surface area (Å²) in [6.45, 7) is 4.96. The van der Waals surface area contributed by atoms with Crippen molar-refractivity contribution < 1.29 is 9.53 Å². The summed E-state index contributed by atoms with van der Waals surface area (Å²) in [4.78, 5) is 25.7. The lowest BCUT2D eigenvalue weighted by atomic mass is 10.1. The van der Waals surface area contributed by atoms with Crippen molar-refractivity contribution in [2.24, 2.45) is 0 Å². The van der Waals surface area contributed by atoms with E-state index in [4.69, 9.17) is 4.74 Å². The van der Waals surface area contributed by atoms with Crippen LogP contribution >= 0.6 is 0 Å². The van der Waals surface area contributed by atoms with Gasteiger partial charge in [0, 0.05) is 32.1 Å². The van der Waals surface area contributed by atoms with Crippen LogP contribution in [0.5, 0.6) is 0 Å². The van der Waals surface area contributed by atoms with E-state index in [9.17, 15) is 9.59 Å². The third-order valence-corrected chi connectivity index (χ3v) is 4.51. The molecule has 0 unspecified atom stereocenters. The van der Waals surface area contributed by atoms with Crippen molar-refractivity contribution >= 4 is 5.91 Å². The Morgan fingerprint density at radius 2 is 2.00 bits per heavy atom. The molecule has 142 valence electrons. The average Bonchev–Trinajstić information content (AvgIpc) is 3.03. The molecule has 0 bridgehead atoms.